The molecule has 2 aromatic heterocycles. The van der Waals surface area contributed by atoms with Gasteiger partial charge in [-0.25, -0.2) is 13.4 Å². The van der Waals surface area contributed by atoms with E-state index in [1.54, 1.807) is 17.5 Å². The highest BCUT2D eigenvalue weighted by Crippen LogP contribution is 2.19. The monoisotopic (exact) mass is 448 g/mol. The molecular weight excluding hydrogens is 432 g/mol. The Morgan fingerprint density at radius 1 is 1.21 bits per heavy atom. The van der Waals surface area contributed by atoms with Crippen LogP contribution in [0.5, 0.6) is 0 Å². The van der Waals surface area contributed by atoms with Crippen molar-refractivity contribution in [2.75, 3.05) is 10.0 Å². The molecule has 2 heterocycles. The van der Waals surface area contributed by atoms with Gasteiger partial charge >= 0.3 is 0 Å². The number of carbonyl (C=O) groups is 1. The molecule has 29 heavy (non-hydrogen) atoms. The molecule has 0 saturated heterocycles. The third kappa shape index (κ3) is 5.98. The number of thiocarbonyl (C=S) groups is 1. The lowest BCUT2D eigenvalue weighted by molar-refractivity contribution is -0.115. The van der Waals surface area contributed by atoms with Crippen molar-refractivity contribution in [2.24, 2.45) is 0 Å². The molecule has 0 radical (unpaired) electrons. The van der Waals surface area contributed by atoms with Gasteiger partial charge in [-0.2, -0.15) is 0 Å². The number of nitrogens with zero attached hydrogens (tertiary/aromatic N) is 1. The number of nitrogens with one attached hydrogen (secondary N) is 3. The largest absolute Gasteiger partial charge is 0.462 e. The highest BCUT2D eigenvalue weighted by molar-refractivity contribution is 7.93. The second-order valence-electron chi connectivity index (χ2n) is 5.69. The molecule has 0 aliphatic heterocycles. The zero-order valence-corrected chi connectivity index (χ0v) is 17.5. The smallest absolute Gasteiger partial charge is 0.263 e. The number of sulfonamides is 1. The number of rotatable bonds is 6. The molecule has 0 fully saturated rings. The molecule has 1 amide bonds. The molecule has 8 nitrogen and oxygen atoms in total. The quantitative estimate of drug-likeness (QED) is 0.391. The van der Waals surface area contributed by atoms with Crippen molar-refractivity contribution in [1.82, 2.24) is 10.3 Å². The van der Waals surface area contributed by atoms with Crippen molar-refractivity contribution in [1.29, 1.82) is 0 Å². The van der Waals surface area contributed by atoms with E-state index in [4.69, 9.17) is 16.6 Å². The summed E-state index contributed by atoms with van der Waals surface area (Å²) >= 11 is 6.28. The summed E-state index contributed by atoms with van der Waals surface area (Å²) in [6.07, 6.45) is 4.34. The van der Waals surface area contributed by atoms with E-state index in [1.807, 2.05) is 6.92 Å². The van der Waals surface area contributed by atoms with Crippen LogP contribution in [0.25, 0.3) is 6.08 Å². The van der Waals surface area contributed by atoms with Gasteiger partial charge < -0.3 is 9.73 Å². The maximum atomic E-state index is 12.3. The van der Waals surface area contributed by atoms with Crippen molar-refractivity contribution in [3.63, 3.8) is 0 Å². The minimum absolute atomic E-state index is 0.0740. The van der Waals surface area contributed by atoms with Gasteiger partial charge in [0.1, 0.15) is 11.5 Å². The first kappa shape index (κ1) is 20.7. The van der Waals surface area contributed by atoms with Gasteiger partial charge in [-0.3, -0.25) is 14.8 Å². The number of benzene rings is 1. The fourth-order valence-electron chi connectivity index (χ4n) is 2.18. The minimum atomic E-state index is -3.73. The summed E-state index contributed by atoms with van der Waals surface area (Å²) in [6, 6.07) is 9.45. The Bertz CT molecular complexity index is 1130. The van der Waals surface area contributed by atoms with E-state index < -0.39 is 15.9 Å². The molecule has 150 valence electrons. The maximum absolute atomic E-state index is 12.3. The number of aromatic nitrogens is 1. The summed E-state index contributed by atoms with van der Waals surface area (Å²) < 4.78 is 32.3. The number of thiazole rings is 1. The molecule has 0 spiro atoms. The van der Waals surface area contributed by atoms with Gasteiger partial charge in [0.05, 0.1) is 4.90 Å². The molecular formula is C18H16N4O4S3. The van der Waals surface area contributed by atoms with Crippen LogP contribution in [-0.2, 0) is 14.8 Å². The Morgan fingerprint density at radius 3 is 2.59 bits per heavy atom. The van der Waals surface area contributed by atoms with Gasteiger partial charge in [0.15, 0.2) is 10.2 Å². The standard InChI is InChI=1S/C18H16N4O4S3/c1-12-2-5-14(26-12)6-9-16(23)21-17(27)20-13-3-7-15(8-4-13)29(24,25)22-18-19-10-11-28-18/h2-11H,1H3,(H,19,22)(H2,20,21,23,27). The Morgan fingerprint density at radius 2 is 1.97 bits per heavy atom. The summed E-state index contributed by atoms with van der Waals surface area (Å²) in [7, 11) is -3.73. The lowest BCUT2D eigenvalue weighted by atomic mass is 10.3. The number of aryl methyl sites for hydroxylation is 1. The van der Waals surface area contributed by atoms with E-state index in [0.29, 0.717) is 11.4 Å². The highest BCUT2D eigenvalue weighted by Gasteiger charge is 2.15. The Hall–Kier alpha value is -3.02. The average Bonchev–Trinajstić information content (AvgIpc) is 3.31. The van der Waals surface area contributed by atoms with E-state index in [1.165, 1.54) is 54.0 Å². The molecule has 1 aromatic carbocycles. The summed E-state index contributed by atoms with van der Waals surface area (Å²) in [5, 5.41) is 7.34. The van der Waals surface area contributed by atoms with Crippen LogP contribution >= 0.6 is 23.6 Å². The normalized spacial score (nSPS) is 11.3. The van der Waals surface area contributed by atoms with Crippen LogP contribution < -0.4 is 15.4 Å². The van der Waals surface area contributed by atoms with Crippen molar-refractivity contribution >= 4 is 61.5 Å². The SMILES string of the molecule is Cc1ccc(C=CC(=O)NC(=S)Nc2ccc(S(=O)(=O)Nc3nccs3)cc2)o1. The molecule has 3 N–H and O–H groups in total. The van der Waals surface area contributed by atoms with Crippen molar-refractivity contribution in [2.45, 2.75) is 11.8 Å². The molecule has 0 aliphatic carbocycles. The Balaban J connectivity index is 1.55. The fourth-order valence-corrected chi connectivity index (χ4v) is 4.19. The van der Waals surface area contributed by atoms with Crippen LogP contribution in [0.15, 0.2) is 63.4 Å². The Labute approximate surface area is 176 Å². The van der Waals surface area contributed by atoms with Gasteiger partial charge in [-0.15, -0.1) is 11.3 Å². The van der Waals surface area contributed by atoms with Crippen LogP contribution in [-0.4, -0.2) is 24.4 Å². The van der Waals surface area contributed by atoms with E-state index in [0.717, 1.165) is 5.76 Å². The molecule has 0 saturated carbocycles. The van der Waals surface area contributed by atoms with Gasteiger partial charge in [-0.1, -0.05) is 0 Å². The van der Waals surface area contributed by atoms with Crippen LogP contribution in [0, 0.1) is 6.92 Å². The highest BCUT2D eigenvalue weighted by atomic mass is 32.2. The van der Waals surface area contributed by atoms with Gasteiger partial charge in [-0.05, 0) is 61.6 Å². The number of hydrogen-bond donors (Lipinski definition) is 3. The minimum Gasteiger partial charge on any atom is -0.462 e. The van der Waals surface area contributed by atoms with Crippen molar-refractivity contribution in [3.8, 4) is 0 Å². The topological polar surface area (TPSA) is 113 Å². The second kappa shape index (κ2) is 8.99. The summed E-state index contributed by atoms with van der Waals surface area (Å²) in [5.74, 6) is 0.873. The van der Waals surface area contributed by atoms with E-state index in [9.17, 15) is 13.2 Å². The number of hydrogen-bond acceptors (Lipinski definition) is 7. The molecule has 3 rings (SSSR count). The second-order valence-corrected chi connectivity index (χ2v) is 8.68. The van der Waals surface area contributed by atoms with Crippen LogP contribution in [0.2, 0.25) is 0 Å². The first-order chi connectivity index (χ1) is 13.8. The van der Waals surface area contributed by atoms with Crippen molar-refractivity contribution in [3.05, 3.63) is 65.6 Å². The van der Waals surface area contributed by atoms with Crippen LogP contribution in [0.1, 0.15) is 11.5 Å². The van der Waals surface area contributed by atoms with Gasteiger partial charge in [0.2, 0.25) is 5.91 Å². The van der Waals surface area contributed by atoms with Gasteiger partial charge in [0.25, 0.3) is 10.0 Å². The first-order valence-electron chi connectivity index (χ1n) is 8.21. The van der Waals surface area contributed by atoms with Gasteiger partial charge in [0, 0.05) is 23.3 Å². The van der Waals surface area contributed by atoms with Crippen LogP contribution in [0.4, 0.5) is 10.8 Å². The zero-order valence-electron chi connectivity index (χ0n) is 15.1. The summed E-state index contributed by atoms with van der Waals surface area (Å²) in [5.41, 5.74) is 0.522. The molecule has 0 aliphatic rings. The summed E-state index contributed by atoms with van der Waals surface area (Å²) in [4.78, 5) is 15.9. The molecule has 0 unspecified atom stereocenters. The molecule has 3 aromatic rings. The number of anilines is 2. The first-order valence-corrected chi connectivity index (χ1v) is 11.0. The van der Waals surface area contributed by atoms with Crippen molar-refractivity contribution < 1.29 is 17.6 Å². The van der Waals surface area contributed by atoms with E-state index in [-0.39, 0.29) is 15.1 Å². The predicted octanol–water partition coefficient (Wildman–Crippen LogP) is 3.37. The lowest BCUT2D eigenvalue weighted by Gasteiger charge is -2.09. The van der Waals surface area contributed by atoms with E-state index >= 15 is 0 Å². The molecule has 0 atom stereocenters. The lowest BCUT2D eigenvalue weighted by Crippen LogP contribution is -2.32. The average molecular weight is 449 g/mol. The van der Waals surface area contributed by atoms with Crippen LogP contribution in [0.3, 0.4) is 0 Å². The Kier molecular flexibility index (Phi) is 6.42. The molecule has 0 bridgehead atoms. The number of furan rings is 1. The van der Waals surface area contributed by atoms with E-state index in [2.05, 4.69) is 20.3 Å². The zero-order chi connectivity index (χ0) is 20.9. The number of carbonyl (C=O) groups excluding carboxylic acids is 1. The number of amides is 1. The fraction of sp³-hybridized carbons (Fsp3) is 0.0556. The molecule has 11 heteroatoms. The third-order valence-corrected chi connectivity index (χ3v) is 5.85. The maximum Gasteiger partial charge on any atom is 0.263 e. The third-order valence-electron chi connectivity index (χ3n) is 3.47. The predicted molar refractivity (Wildman–Crippen MR) is 116 cm³/mol. The summed E-state index contributed by atoms with van der Waals surface area (Å²) in [6.45, 7) is 1.81.